The van der Waals surface area contributed by atoms with E-state index in [0.29, 0.717) is 11.3 Å². The van der Waals surface area contributed by atoms with Gasteiger partial charge in [0.2, 0.25) is 0 Å². The van der Waals surface area contributed by atoms with Crippen LogP contribution in [0.15, 0.2) is 29.0 Å². The minimum atomic E-state index is 0.527. The monoisotopic (exact) mass is 164 g/mol. The molecule has 0 fully saturated rings. The Morgan fingerprint density at radius 3 is 3.00 bits per heavy atom. The van der Waals surface area contributed by atoms with E-state index in [-0.39, 0.29) is 0 Å². The molecule has 0 radical (unpaired) electrons. The van der Waals surface area contributed by atoms with E-state index >= 15 is 0 Å². The van der Waals surface area contributed by atoms with Gasteiger partial charge in [-0.15, -0.1) is 0 Å². The average molecular weight is 164 g/mol. The molecule has 0 aliphatic heterocycles. The van der Waals surface area contributed by atoms with E-state index in [1.807, 2.05) is 0 Å². The highest BCUT2D eigenvalue weighted by Crippen LogP contribution is 1.90. The van der Waals surface area contributed by atoms with Crippen molar-refractivity contribution in [1.29, 1.82) is 0 Å². The minimum Gasteiger partial charge on any atom is -0.298 e. The molecule has 0 aliphatic carbocycles. The van der Waals surface area contributed by atoms with Gasteiger partial charge in [-0.3, -0.25) is 4.79 Å². The van der Waals surface area contributed by atoms with Crippen molar-refractivity contribution in [2.45, 2.75) is 6.92 Å². The lowest BCUT2D eigenvalue weighted by molar-refractivity contribution is 0.112. The predicted molar refractivity (Wildman–Crippen MR) is 42.1 cm³/mol. The van der Waals surface area contributed by atoms with Gasteiger partial charge in [-0.05, 0) is 25.1 Å². The van der Waals surface area contributed by atoms with E-state index in [1.54, 1.807) is 19.1 Å². The summed E-state index contributed by atoms with van der Waals surface area (Å²) in [7, 11) is 0. The number of nitrogens with zero attached hydrogens (tertiary/aromatic N) is 2. The average Bonchev–Trinajstić information content (AvgIpc) is 2.17. The second-order valence-corrected chi connectivity index (χ2v) is 2.19. The summed E-state index contributed by atoms with van der Waals surface area (Å²) in [6.07, 6.45) is 2.11. The molecule has 1 aromatic rings. The van der Waals surface area contributed by atoms with Crippen LogP contribution in [0, 0.1) is 6.92 Å². The Morgan fingerprint density at radius 1 is 1.42 bits per heavy atom. The van der Waals surface area contributed by atoms with Gasteiger partial charge in [-0.2, -0.15) is 0 Å². The Balaban J connectivity index is 3.26. The van der Waals surface area contributed by atoms with Crippen LogP contribution in [0.4, 0.5) is 0 Å². The fraction of sp³-hybridized carbons (Fsp3) is 0.125. The first-order valence-corrected chi connectivity index (χ1v) is 3.40. The molecule has 12 heavy (non-hydrogen) atoms. The SMILES string of the molecule is Cc1ccc(C=O)ccnon1. The molecule has 0 saturated carbocycles. The maximum atomic E-state index is 10.4. The van der Waals surface area contributed by atoms with Gasteiger partial charge in [-0.25, -0.2) is 4.63 Å². The van der Waals surface area contributed by atoms with Gasteiger partial charge < -0.3 is 0 Å². The molecule has 62 valence electrons. The summed E-state index contributed by atoms with van der Waals surface area (Å²) in [6.45, 7) is 1.75. The topological polar surface area (TPSA) is 56.0 Å². The lowest BCUT2D eigenvalue weighted by atomic mass is 10.3. The fourth-order valence-electron chi connectivity index (χ4n) is 0.613. The Kier molecular flexibility index (Phi) is 2.95. The van der Waals surface area contributed by atoms with Gasteiger partial charge in [0.05, 0.1) is 11.9 Å². The van der Waals surface area contributed by atoms with E-state index in [0.717, 1.165) is 6.29 Å². The van der Waals surface area contributed by atoms with Crippen LogP contribution in [0.1, 0.15) is 16.1 Å². The molecular formula is C8H8N2O2. The number of hydrogen-bond acceptors (Lipinski definition) is 4. The van der Waals surface area contributed by atoms with Crippen LogP contribution in [0.3, 0.4) is 0 Å². The summed E-state index contributed by atoms with van der Waals surface area (Å²) in [5, 5.41) is 7.05. The zero-order valence-electron chi connectivity index (χ0n) is 6.60. The molecule has 1 aromatic heterocycles. The molecule has 4 heteroatoms. The summed E-state index contributed by atoms with van der Waals surface area (Å²) in [5.74, 6) is 0. The van der Waals surface area contributed by atoms with Crippen molar-refractivity contribution in [2.75, 3.05) is 0 Å². The van der Waals surface area contributed by atoms with Crippen molar-refractivity contribution in [1.82, 2.24) is 10.3 Å². The van der Waals surface area contributed by atoms with Gasteiger partial charge in [0.25, 0.3) is 0 Å². The number of carbonyl (C=O) groups excluding carboxylic acids is 1. The van der Waals surface area contributed by atoms with Gasteiger partial charge in [-0.1, -0.05) is 10.3 Å². The summed E-state index contributed by atoms with van der Waals surface area (Å²) in [5.41, 5.74) is 1.18. The zero-order chi connectivity index (χ0) is 8.81. The van der Waals surface area contributed by atoms with E-state index in [1.165, 1.54) is 12.3 Å². The summed E-state index contributed by atoms with van der Waals surface area (Å²) in [4.78, 5) is 10.4. The highest BCUT2D eigenvalue weighted by molar-refractivity contribution is 5.73. The number of carbonyl (C=O) groups is 1. The number of aryl methyl sites for hydroxylation is 1. The smallest absolute Gasteiger partial charge is 0.150 e. The zero-order valence-corrected chi connectivity index (χ0v) is 6.60. The number of rotatable bonds is 1. The van der Waals surface area contributed by atoms with Crippen molar-refractivity contribution in [3.05, 3.63) is 35.7 Å². The largest absolute Gasteiger partial charge is 0.298 e. The van der Waals surface area contributed by atoms with Crippen molar-refractivity contribution in [3.63, 3.8) is 0 Å². The van der Waals surface area contributed by atoms with Crippen LogP contribution < -0.4 is 0 Å². The Morgan fingerprint density at radius 2 is 2.25 bits per heavy atom. The van der Waals surface area contributed by atoms with Gasteiger partial charge in [0.15, 0.2) is 0 Å². The Hall–Kier alpha value is -1.71. The fourth-order valence-corrected chi connectivity index (χ4v) is 0.613. The van der Waals surface area contributed by atoms with Gasteiger partial charge in [0, 0.05) is 5.56 Å². The molecule has 0 aliphatic rings. The van der Waals surface area contributed by atoms with Crippen molar-refractivity contribution in [3.8, 4) is 0 Å². The third-order valence-electron chi connectivity index (χ3n) is 1.21. The van der Waals surface area contributed by atoms with Crippen LogP contribution in [0.2, 0.25) is 0 Å². The number of aromatic nitrogens is 2. The molecular weight excluding hydrogens is 156 g/mol. The Labute approximate surface area is 69.5 Å². The molecule has 1 heterocycles. The second-order valence-electron chi connectivity index (χ2n) is 2.19. The summed E-state index contributed by atoms with van der Waals surface area (Å²) in [6, 6.07) is 4.86. The van der Waals surface area contributed by atoms with Crippen molar-refractivity contribution < 1.29 is 9.42 Å². The molecule has 0 unspecified atom stereocenters. The molecule has 0 saturated heterocycles. The first kappa shape index (κ1) is 8.39. The van der Waals surface area contributed by atoms with Crippen LogP contribution >= 0.6 is 0 Å². The van der Waals surface area contributed by atoms with Crippen molar-refractivity contribution in [2.24, 2.45) is 0 Å². The molecule has 0 spiro atoms. The lowest BCUT2D eigenvalue weighted by Gasteiger charge is -1.78. The van der Waals surface area contributed by atoms with Crippen LogP contribution in [0.25, 0.3) is 0 Å². The first-order valence-electron chi connectivity index (χ1n) is 3.40. The Bertz CT molecular complexity index is 319. The standard InChI is InChI=1S/C8H8N2O2/c1-7-2-3-8(6-11)4-5-9-12-10-7/h2-6H,1H3. The highest BCUT2D eigenvalue weighted by Gasteiger charge is 1.83. The van der Waals surface area contributed by atoms with E-state index in [4.69, 9.17) is 0 Å². The minimum absolute atomic E-state index is 0.527. The normalized spacial score (nSPS) is 8.75. The maximum Gasteiger partial charge on any atom is 0.150 e. The number of aldehydes is 1. The van der Waals surface area contributed by atoms with Crippen LogP contribution in [-0.2, 0) is 0 Å². The van der Waals surface area contributed by atoms with E-state index in [9.17, 15) is 4.79 Å². The summed E-state index contributed by atoms with van der Waals surface area (Å²) < 4.78 is 4.51. The van der Waals surface area contributed by atoms with Crippen LogP contribution in [-0.4, -0.2) is 16.6 Å². The third kappa shape index (κ3) is 2.49. The van der Waals surface area contributed by atoms with E-state index < -0.39 is 0 Å². The third-order valence-corrected chi connectivity index (χ3v) is 1.21. The van der Waals surface area contributed by atoms with E-state index in [2.05, 4.69) is 14.9 Å². The van der Waals surface area contributed by atoms with Gasteiger partial charge in [0.1, 0.15) is 6.29 Å². The summed E-state index contributed by atoms with van der Waals surface area (Å²) >= 11 is 0. The molecule has 0 atom stereocenters. The predicted octanol–water partition coefficient (Wildman–Crippen LogP) is 1.31. The molecule has 1 rings (SSSR count). The molecule has 4 nitrogen and oxygen atoms in total. The highest BCUT2D eigenvalue weighted by atomic mass is 16.6. The second kappa shape index (κ2) is 4.23. The van der Waals surface area contributed by atoms with Gasteiger partial charge >= 0.3 is 0 Å². The molecule has 0 N–H and O–H groups in total. The first-order chi connectivity index (χ1) is 5.83. The van der Waals surface area contributed by atoms with Crippen molar-refractivity contribution >= 4 is 6.29 Å². The van der Waals surface area contributed by atoms with Crippen LogP contribution in [0.5, 0.6) is 0 Å². The maximum absolute atomic E-state index is 10.4. The quantitative estimate of drug-likeness (QED) is 0.587. The molecule has 0 aromatic carbocycles. The molecule has 0 amide bonds. The number of hydrogen-bond donors (Lipinski definition) is 0. The lowest BCUT2D eigenvalue weighted by Crippen LogP contribution is -1.73. The molecule has 0 bridgehead atoms.